The van der Waals surface area contributed by atoms with Gasteiger partial charge in [-0.2, -0.15) is 0 Å². The first kappa shape index (κ1) is 17.7. The van der Waals surface area contributed by atoms with Crippen LogP contribution < -0.4 is 10.1 Å². The Balaban J connectivity index is 2.22. The van der Waals surface area contributed by atoms with E-state index in [1.807, 2.05) is 31.2 Å². The number of hydrogen-bond donors (Lipinski definition) is 1. The molecular formula is C16H18N2O5S. The minimum atomic E-state index is -3.70. The van der Waals surface area contributed by atoms with Crippen LogP contribution >= 0.6 is 0 Å². The second-order valence-corrected chi connectivity index (χ2v) is 7.13. The SMILES string of the molecule is CCOc1cccc(CNc2ccc([N+](=O)[O-])c(S(C)(=O)=O)c2)c1. The van der Waals surface area contributed by atoms with Crippen LogP contribution in [-0.2, 0) is 16.4 Å². The molecule has 0 aromatic heterocycles. The monoisotopic (exact) mass is 350 g/mol. The van der Waals surface area contributed by atoms with Gasteiger partial charge in [0.25, 0.3) is 5.69 Å². The molecule has 0 spiro atoms. The molecule has 0 radical (unpaired) electrons. The molecule has 0 amide bonds. The van der Waals surface area contributed by atoms with Crippen molar-refractivity contribution in [2.45, 2.75) is 18.4 Å². The highest BCUT2D eigenvalue weighted by Crippen LogP contribution is 2.27. The fourth-order valence-corrected chi connectivity index (χ4v) is 3.05. The lowest BCUT2D eigenvalue weighted by atomic mass is 10.2. The Morgan fingerprint density at radius 2 is 1.96 bits per heavy atom. The third-order valence-electron chi connectivity index (χ3n) is 3.26. The van der Waals surface area contributed by atoms with Crippen LogP contribution in [0.5, 0.6) is 5.75 Å². The lowest BCUT2D eigenvalue weighted by molar-refractivity contribution is -0.387. The lowest BCUT2D eigenvalue weighted by Crippen LogP contribution is -2.05. The molecule has 128 valence electrons. The van der Waals surface area contributed by atoms with Gasteiger partial charge in [-0.25, -0.2) is 8.42 Å². The average Bonchev–Trinajstić information content (AvgIpc) is 2.52. The van der Waals surface area contributed by atoms with Crippen LogP contribution in [0.3, 0.4) is 0 Å². The van der Waals surface area contributed by atoms with Crippen LogP contribution in [0.1, 0.15) is 12.5 Å². The summed E-state index contributed by atoms with van der Waals surface area (Å²) in [6.07, 6.45) is 0.949. The highest BCUT2D eigenvalue weighted by atomic mass is 32.2. The Morgan fingerprint density at radius 1 is 1.21 bits per heavy atom. The maximum absolute atomic E-state index is 11.8. The van der Waals surface area contributed by atoms with Gasteiger partial charge in [-0.15, -0.1) is 0 Å². The molecule has 0 saturated carbocycles. The average molecular weight is 350 g/mol. The molecule has 2 aromatic rings. The zero-order chi connectivity index (χ0) is 17.7. The Labute approximate surface area is 140 Å². The zero-order valence-electron chi connectivity index (χ0n) is 13.4. The van der Waals surface area contributed by atoms with E-state index in [4.69, 9.17) is 4.74 Å². The number of nitrogens with one attached hydrogen (secondary N) is 1. The van der Waals surface area contributed by atoms with Gasteiger partial charge in [0.2, 0.25) is 0 Å². The number of nitrogens with zero attached hydrogens (tertiary/aromatic N) is 1. The van der Waals surface area contributed by atoms with Crippen molar-refractivity contribution < 1.29 is 18.1 Å². The summed E-state index contributed by atoms with van der Waals surface area (Å²) in [6.45, 7) is 2.90. The second kappa shape index (κ2) is 7.31. The van der Waals surface area contributed by atoms with Gasteiger partial charge < -0.3 is 10.1 Å². The standard InChI is InChI=1S/C16H18N2O5S/c1-3-23-14-6-4-5-12(9-14)11-17-13-7-8-15(18(19)20)16(10-13)24(2,21)22/h4-10,17H,3,11H2,1-2H3. The molecule has 24 heavy (non-hydrogen) atoms. The van der Waals surface area contributed by atoms with Gasteiger partial charge in [0.1, 0.15) is 10.6 Å². The quantitative estimate of drug-likeness (QED) is 0.609. The Bertz CT molecular complexity index is 849. The van der Waals surface area contributed by atoms with E-state index in [9.17, 15) is 18.5 Å². The van der Waals surface area contributed by atoms with Gasteiger partial charge in [0.15, 0.2) is 9.84 Å². The van der Waals surface area contributed by atoms with Crippen LogP contribution in [0.4, 0.5) is 11.4 Å². The van der Waals surface area contributed by atoms with Crippen LogP contribution in [0.2, 0.25) is 0 Å². The summed E-state index contributed by atoms with van der Waals surface area (Å²) >= 11 is 0. The summed E-state index contributed by atoms with van der Waals surface area (Å²) in [5, 5.41) is 14.0. The van der Waals surface area contributed by atoms with Crippen molar-refractivity contribution in [3.8, 4) is 5.75 Å². The topological polar surface area (TPSA) is 98.5 Å². The molecule has 0 unspecified atom stereocenters. The molecule has 7 nitrogen and oxygen atoms in total. The van der Waals surface area contributed by atoms with E-state index in [1.165, 1.54) is 18.2 Å². The van der Waals surface area contributed by atoms with E-state index in [1.54, 1.807) is 0 Å². The molecule has 0 atom stereocenters. The predicted molar refractivity (Wildman–Crippen MR) is 91.1 cm³/mol. The molecule has 0 heterocycles. The highest BCUT2D eigenvalue weighted by molar-refractivity contribution is 7.90. The van der Waals surface area contributed by atoms with E-state index >= 15 is 0 Å². The lowest BCUT2D eigenvalue weighted by Gasteiger charge is -2.10. The number of sulfone groups is 1. The van der Waals surface area contributed by atoms with Crippen molar-refractivity contribution in [2.75, 3.05) is 18.2 Å². The Morgan fingerprint density at radius 3 is 2.58 bits per heavy atom. The molecule has 0 aliphatic rings. The second-order valence-electron chi connectivity index (χ2n) is 5.15. The first-order valence-corrected chi connectivity index (χ1v) is 9.14. The maximum atomic E-state index is 11.8. The Hall–Kier alpha value is -2.61. The number of ether oxygens (including phenoxy) is 1. The number of hydrogen-bond acceptors (Lipinski definition) is 6. The number of rotatable bonds is 7. The van der Waals surface area contributed by atoms with E-state index < -0.39 is 20.4 Å². The van der Waals surface area contributed by atoms with Gasteiger partial charge in [-0.3, -0.25) is 10.1 Å². The molecule has 0 bridgehead atoms. The van der Waals surface area contributed by atoms with Crippen LogP contribution in [0, 0.1) is 10.1 Å². The van der Waals surface area contributed by atoms with E-state index in [0.29, 0.717) is 18.8 Å². The van der Waals surface area contributed by atoms with Crippen molar-refractivity contribution in [1.82, 2.24) is 0 Å². The minimum Gasteiger partial charge on any atom is -0.494 e. The van der Waals surface area contributed by atoms with Crippen molar-refractivity contribution >= 4 is 21.2 Å². The minimum absolute atomic E-state index is 0.305. The van der Waals surface area contributed by atoms with Crippen molar-refractivity contribution in [1.29, 1.82) is 0 Å². The third-order valence-corrected chi connectivity index (χ3v) is 4.39. The fraction of sp³-hybridized carbons (Fsp3) is 0.250. The van der Waals surface area contributed by atoms with Crippen molar-refractivity contribution in [2.24, 2.45) is 0 Å². The van der Waals surface area contributed by atoms with Gasteiger partial charge in [-0.1, -0.05) is 12.1 Å². The molecular weight excluding hydrogens is 332 g/mol. The summed E-state index contributed by atoms with van der Waals surface area (Å²) in [5.41, 5.74) is 1.00. The van der Waals surface area contributed by atoms with Gasteiger partial charge in [0.05, 0.1) is 11.5 Å². The molecule has 0 aliphatic carbocycles. The molecule has 0 saturated heterocycles. The predicted octanol–water partition coefficient (Wildman–Crippen LogP) is 3.01. The fourth-order valence-electron chi connectivity index (χ4n) is 2.19. The van der Waals surface area contributed by atoms with Crippen LogP contribution in [-0.4, -0.2) is 26.2 Å². The molecule has 8 heteroatoms. The first-order chi connectivity index (χ1) is 11.3. The van der Waals surface area contributed by atoms with E-state index in [2.05, 4.69) is 5.32 Å². The number of anilines is 1. The summed E-state index contributed by atoms with van der Waals surface area (Å²) in [7, 11) is -3.70. The third kappa shape index (κ3) is 4.45. The molecule has 1 N–H and O–H groups in total. The van der Waals surface area contributed by atoms with Crippen LogP contribution in [0.25, 0.3) is 0 Å². The number of benzene rings is 2. The highest BCUT2D eigenvalue weighted by Gasteiger charge is 2.22. The van der Waals surface area contributed by atoms with Gasteiger partial charge in [0, 0.05) is 24.6 Å². The molecule has 0 aliphatic heterocycles. The number of nitro groups is 1. The molecule has 2 aromatic carbocycles. The van der Waals surface area contributed by atoms with E-state index in [-0.39, 0.29) is 4.90 Å². The normalized spacial score (nSPS) is 11.1. The van der Waals surface area contributed by atoms with Gasteiger partial charge >= 0.3 is 0 Å². The summed E-state index contributed by atoms with van der Waals surface area (Å²) in [6, 6.07) is 11.4. The summed E-state index contributed by atoms with van der Waals surface area (Å²) in [4.78, 5) is 9.96. The van der Waals surface area contributed by atoms with E-state index in [0.717, 1.165) is 17.6 Å². The smallest absolute Gasteiger partial charge is 0.288 e. The first-order valence-electron chi connectivity index (χ1n) is 7.25. The maximum Gasteiger partial charge on any atom is 0.288 e. The molecule has 0 fully saturated rings. The summed E-state index contributed by atoms with van der Waals surface area (Å²) < 4.78 is 28.9. The van der Waals surface area contributed by atoms with Crippen molar-refractivity contribution in [3.63, 3.8) is 0 Å². The summed E-state index contributed by atoms with van der Waals surface area (Å²) in [5.74, 6) is 0.748. The van der Waals surface area contributed by atoms with Gasteiger partial charge in [-0.05, 0) is 36.8 Å². The Kier molecular flexibility index (Phi) is 5.40. The number of nitro benzene ring substituents is 1. The van der Waals surface area contributed by atoms with Crippen LogP contribution in [0.15, 0.2) is 47.4 Å². The zero-order valence-corrected chi connectivity index (χ0v) is 14.2. The van der Waals surface area contributed by atoms with Crippen molar-refractivity contribution in [3.05, 3.63) is 58.1 Å². The molecule has 2 rings (SSSR count). The largest absolute Gasteiger partial charge is 0.494 e.